The van der Waals surface area contributed by atoms with Crippen LogP contribution < -0.4 is 5.73 Å². The second kappa shape index (κ2) is 7.29. The molecule has 116 valence electrons. The number of hydrogen-bond donors (Lipinski definition) is 1. The third-order valence-electron chi connectivity index (χ3n) is 4.32. The molecule has 5 nitrogen and oxygen atoms in total. The minimum Gasteiger partial charge on any atom is -0.370 e. The number of guanidine groups is 1. The zero-order valence-electron chi connectivity index (χ0n) is 12.3. The normalized spacial score (nSPS) is 22.4. The monoisotopic (exact) mass is 301 g/mol. The number of likely N-dealkylation sites (tertiary alicyclic amines) is 1. The van der Waals surface area contributed by atoms with E-state index in [4.69, 9.17) is 5.73 Å². The summed E-state index contributed by atoms with van der Waals surface area (Å²) in [6.07, 6.45) is 8.11. The highest BCUT2D eigenvalue weighted by atomic mass is 32.2. The summed E-state index contributed by atoms with van der Waals surface area (Å²) in [7, 11) is -2.96. The first-order chi connectivity index (χ1) is 9.57. The van der Waals surface area contributed by atoms with E-state index >= 15 is 0 Å². The molecule has 0 aromatic heterocycles. The summed E-state index contributed by atoms with van der Waals surface area (Å²) in [6, 6.07) is 0. The van der Waals surface area contributed by atoms with Crippen LogP contribution in [0.25, 0.3) is 0 Å². The van der Waals surface area contributed by atoms with Crippen LogP contribution in [-0.4, -0.2) is 50.4 Å². The van der Waals surface area contributed by atoms with Gasteiger partial charge in [-0.3, -0.25) is 4.99 Å². The fourth-order valence-corrected chi connectivity index (χ4v) is 4.39. The fourth-order valence-electron chi connectivity index (χ4n) is 2.80. The lowest BCUT2D eigenvalue weighted by Crippen LogP contribution is -2.38. The molecule has 0 spiro atoms. The average molecular weight is 301 g/mol. The van der Waals surface area contributed by atoms with Gasteiger partial charge in [-0.05, 0) is 31.6 Å². The number of nitrogens with two attached hydrogens (primary N) is 1. The lowest BCUT2D eigenvalue weighted by molar-refractivity contribution is 0.347. The lowest BCUT2D eigenvalue weighted by Gasteiger charge is -2.24. The maximum absolute atomic E-state index is 11.9. The number of nitrogens with zero attached hydrogens (tertiary/aromatic N) is 2. The van der Waals surface area contributed by atoms with Crippen molar-refractivity contribution in [1.82, 2.24) is 4.90 Å². The summed E-state index contributed by atoms with van der Waals surface area (Å²) >= 11 is 0. The van der Waals surface area contributed by atoms with Crippen LogP contribution in [0, 0.1) is 5.92 Å². The zero-order valence-corrected chi connectivity index (χ0v) is 13.1. The van der Waals surface area contributed by atoms with E-state index in [2.05, 4.69) is 9.89 Å². The SMILES string of the molecule is NC(=NCCS(=O)(=O)CC1CCC1)N1CCCCCC1. The third kappa shape index (κ3) is 4.96. The Kier molecular flexibility index (Phi) is 5.69. The molecule has 1 heterocycles. The molecule has 20 heavy (non-hydrogen) atoms. The summed E-state index contributed by atoms with van der Waals surface area (Å²) in [5.74, 6) is 1.39. The van der Waals surface area contributed by atoms with Gasteiger partial charge in [0.15, 0.2) is 15.8 Å². The van der Waals surface area contributed by atoms with Crippen LogP contribution in [0.4, 0.5) is 0 Å². The topological polar surface area (TPSA) is 75.8 Å². The Morgan fingerprint density at radius 1 is 1.10 bits per heavy atom. The smallest absolute Gasteiger partial charge is 0.191 e. The molecule has 2 rings (SSSR count). The predicted molar refractivity (Wildman–Crippen MR) is 82.5 cm³/mol. The van der Waals surface area contributed by atoms with Crippen LogP contribution in [0.2, 0.25) is 0 Å². The van der Waals surface area contributed by atoms with Crippen molar-refractivity contribution in [2.45, 2.75) is 44.9 Å². The first kappa shape index (κ1) is 15.6. The first-order valence-corrected chi connectivity index (χ1v) is 9.64. The molecule has 1 aliphatic heterocycles. The van der Waals surface area contributed by atoms with Gasteiger partial charge < -0.3 is 10.6 Å². The Hall–Kier alpha value is -0.780. The molecule has 0 unspecified atom stereocenters. The van der Waals surface area contributed by atoms with Crippen molar-refractivity contribution in [3.05, 3.63) is 0 Å². The van der Waals surface area contributed by atoms with E-state index in [9.17, 15) is 8.42 Å². The van der Waals surface area contributed by atoms with Crippen molar-refractivity contribution >= 4 is 15.8 Å². The molecule has 1 saturated heterocycles. The van der Waals surface area contributed by atoms with E-state index in [1.54, 1.807) is 0 Å². The van der Waals surface area contributed by atoms with Crippen LogP contribution in [0.1, 0.15) is 44.9 Å². The van der Waals surface area contributed by atoms with E-state index in [1.807, 2.05) is 0 Å². The minimum absolute atomic E-state index is 0.137. The van der Waals surface area contributed by atoms with Gasteiger partial charge in [-0.2, -0.15) is 0 Å². The number of hydrogen-bond acceptors (Lipinski definition) is 3. The molecule has 0 bridgehead atoms. The Labute approximate surface area is 122 Å². The molecule has 2 N–H and O–H groups in total. The van der Waals surface area contributed by atoms with Crippen molar-refractivity contribution in [3.8, 4) is 0 Å². The van der Waals surface area contributed by atoms with Crippen LogP contribution in [0.5, 0.6) is 0 Å². The Morgan fingerprint density at radius 3 is 2.30 bits per heavy atom. The summed E-state index contributed by atoms with van der Waals surface area (Å²) in [5, 5.41) is 0. The van der Waals surface area contributed by atoms with Crippen LogP contribution in [0.3, 0.4) is 0 Å². The lowest BCUT2D eigenvalue weighted by atomic mass is 9.87. The second-order valence-electron chi connectivity index (χ2n) is 6.05. The van der Waals surface area contributed by atoms with Crippen molar-refractivity contribution in [2.75, 3.05) is 31.1 Å². The van der Waals surface area contributed by atoms with Gasteiger partial charge in [0.1, 0.15) is 0 Å². The molecule has 0 atom stereocenters. The Morgan fingerprint density at radius 2 is 1.75 bits per heavy atom. The highest BCUT2D eigenvalue weighted by Crippen LogP contribution is 2.27. The second-order valence-corrected chi connectivity index (χ2v) is 8.28. The quantitative estimate of drug-likeness (QED) is 0.615. The predicted octanol–water partition coefficient (Wildman–Crippen LogP) is 1.39. The van der Waals surface area contributed by atoms with Gasteiger partial charge in [0.2, 0.25) is 0 Å². The van der Waals surface area contributed by atoms with E-state index in [0.29, 0.717) is 24.2 Å². The number of sulfone groups is 1. The fraction of sp³-hybridized carbons (Fsp3) is 0.929. The van der Waals surface area contributed by atoms with Crippen molar-refractivity contribution < 1.29 is 8.42 Å². The van der Waals surface area contributed by atoms with E-state index in [0.717, 1.165) is 38.8 Å². The summed E-state index contributed by atoms with van der Waals surface area (Å²) < 4.78 is 23.8. The molecule has 6 heteroatoms. The van der Waals surface area contributed by atoms with Crippen LogP contribution >= 0.6 is 0 Å². The molecule has 1 saturated carbocycles. The summed E-state index contributed by atoms with van der Waals surface area (Å²) in [5.41, 5.74) is 5.97. The Balaban J connectivity index is 1.75. The molecule has 0 amide bonds. The van der Waals surface area contributed by atoms with Gasteiger partial charge in [-0.25, -0.2) is 8.42 Å². The van der Waals surface area contributed by atoms with Gasteiger partial charge >= 0.3 is 0 Å². The third-order valence-corrected chi connectivity index (χ3v) is 6.10. The van der Waals surface area contributed by atoms with Gasteiger partial charge in [0.05, 0.1) is 18.1 Å². The highest BCUT2D eigenvalue weighted by Gasteiger charge is 2.24. The largest absolute Gasteiger partial charge is 0.370 e. The van der Waals surface area contributed by atoms with Crippen LogP contribution in [-0.2, 0) is 9.84 Å². The number of rotatable bonds is 5. The maximum Gasteiger partial charge on any atom is 0.191 e. The molecule has 2 aliphatic rings. The molecule has 0 aromatic carbocycles. The minimum atomic E-state index is -2.96. The van der Waals surface area contributed by atoms with Gasteiger partial charge in [-0.15, -0.1) is 0 Å². The van der Waals surface area contributed by atoms with Gasteiger partial charge in [0.25, 0.3) is 0 Å². The van der Waals surface area contributed by atoms with Crippen LogP contribution in [0.15, 0.2) is 4.99 Å². The molecular weight excluding hydrogens is 274 g/mol. The standard InChI is InChI=1S/C14H27N3O2S/c15-14(17-9-3-1-2-4-10-17)16-8-11-20(18,19)12-13-6-5-7-13/h13H,1-12H2,(H2,15,16). The van der Waals surface area contributed by atoms with E-state index in [-0.39, 0.29) is 5.75 Å². The molecule has 1 aliphatic carbocycles. The van der Waals surface area contributed by atoms with Gasteiger partial charge in [0, 0.05) is 13.1 Å². The highest BCUT2D eigenvalue weighted by molar-refractivity contribution is 7.91. The van der Waals surface area contributed by atoms with Crippen molar-refractivity contribution in [1.29, 1.82) is 0 Å². The molecule has 0 radical (unpaired) electrons. The maximum atomic E-state index is 11.9. The van der Waals surface area contributed by atoms with Crippen molar-refractivity contribution in [2.24, 2.45) is 16.6 Å². The Bertz CT molecular complexity index is 422. The summed E-state index contributed by atoms with van der Waals surface area (Å²) in [4.78, 5) is 6.36. The van der Waals surface area contributed by atoms with E-state index in [1.165, 1.54) is 19.3 Å². The zero-order chi connectivity index (χ0) is 14.4. The molecule has 0 aromatic rings. The average Bonchev–Trinajstić information content (AvgIpc) is 2.62. The van der Waals surface area contributed by atoms with E-state index < -0.39 is 9.84 Å². The molecule has 2 fully saturated rings. The number of aliphatic imine (C=N–C) groups is 1. The van der Waals surface area contributed by atoms with Crippen molar-refractivity contribution in [3.63, 3.8) is 0 Å². The summed E-state index contributed by atoms with van der Waals surface area (Å²) in [6.45, 7) is 2.20. The first-order valence-electron chi connectivity index (χ1n) is 7.82. The van der Waals surface area contributed by atoms with Gasteiger partial charge in [-0.1, -0.05) is 19.3 Å². The molecular formula is C14H27N3O2S.